The highest BCUT2D eigenvalue weighted by molar-refractivity contribution is 6.09. The van der Waals surface area contributed by atoms with Crippen LogP contribution in [0.25, 0.3) is 27.5 Å². The highest BCUT2D eigenvalue weighted by Gasteiger charge is 2.31. The van der Waals surface area contributed by atoms with Crippen molar-refractivity contribution in [3.8, 4) is 17.8 Å². The lowest BCUT2D eigenvalue weighted by atomic mass is 10.1. The lowest BCUT2D eigenvalue weighted by Gasteiger charge is -2.12. The van der Waals surface area contributed by atoms with E-state index >= 15 is 0 Å². The number of aromatic nitrogens is 1. The van der Waals surface area contributed by atoms with Crippen LogP contribution in [-0.2, 0) is 6.18 Å². The number of rotatable bonds is 1. The van der Waals surface area contributed by atoms with Gasteiger partial charge < -0.3 is 4.57 Å². The molecule has 1 heterocycles. The van der Waals surface area contributed by atoms with Crippen molar-refractivity contribution in [2.75, 3.05) is 0 Å². The minimum Gasteiger partial charge on any atom is -0.308 e. The number of para-hydroxylation sites is 1. The number of alkyl halides is 3. The van der Waals surface area contributed by atoms with E-state index in [2.05, 4.69) is 6.07 Å². The van der Waals surface area contributed by atoms with Gasteiger partial charge in [-0.3, -0.25) is 0 Å². The van der Waals surface area contributed by atoms with Crippen molar-refractivity contribution in [2.45, 2.75) is 6.18 Å². The Balaban J connectivity index is 2.19. The van der Waals surface area contributed by atoms with E-state index in [1.807, 2.05) is 12.1 Å². The first-order valence-corrected chi connectivity index (χ1v) is 7.99. The Bertz CT molecular complexity index is 1280. The van der Waals surface area contributed by atoms with E-state index in [1.54, 1.807) is 22.8 Å². The predicted molar refractivity (Wildman–Crippen MR) is 95.2 cm³/mol. The van der Waals surface area contributed by atoms with Crippen molar-refractivity contribution >= 4 is 21.8 Å². The lowest BCUT2D eigenvalue weighted by Crippen LogP contribution is -2.05. The molecule has 130 valence electrons. The van der Waals surface area contributed by atoms with Gasteiger partial charge in [0.05, 0.1) is 39.5 Å². The molecule has 0 amide bonds. The molecule has 0 unspecified atom stereocenters. The van der Waals surface area contributed by atoms with Crippen LogP contribution >= 0.6 is 0 Å². The van der Waals surface area contributed by atoms with E-state index in [-0.39, 0.29) is 5.56 Å². The van der Waals surface area contributed by atoms with Gasteiger partial charge in [0.25, 0.3) is 0 Å². The van der Waals surface area contributed by atoms with Gasteiger partial charge in [0, 0.05) is 10.8 Å². The van der Waals surface area contributed by atoms with E-state index in [0.29, 0.717) is 27.7 Å². The van der Waals surface area contributed by atoms with Gasteiger partial charge >= 0.3 is 6.18 Å². The predicted octanol–water partition coefficient (Wildman–Crippen LogP) is 5.55. The second-order valence-corrected chi connectivity index (χ2v) is 6.04. The molecule has 1 aromatic heterocycles. The summed E-state index contributed by atoms with van der Waals surface area (Å²) in [5, 5.41) is 20.1. The van der Waals surface area contributed by atoms with Crippen LogP contribution in [0.1, 0.15) is 16.7 Å². The van der Waals surface area contributed by atoms with Crippen molar-refractivity contribution in [3.05, 3.63) is 77.4 Å². The van der Waals surface area contributed by atoms with Crippen LogP contribution in [0, 0.1) is 22.7 Å². The second kappa shape index (κ2) is 5.89. The monoisotopic (exact) mass is 361 g/mol. The third-order valence-electron chi connectivity index (χ3n) is 4.49. The molecule has 3 aromatic carbocycles. The molecule has 0 saturated carbocycles. The van der Waals surface area contributed by atoms with Crippen molar-refractivity contribution in [1.29, 1.82) is 10.5 Å². The van der Waals surface area contributed by atoms with E-state index in [0.717, 1.165) is 17.5 Å². The fraction of sp³-hybridized carbons (Fsp3) is 0.0476. The molecular formula is C21H10F3N3. The molecule has 0 N–H and O–H groups in total. The molecule has 0 fully saturated rings. The molecule has 0 aliphatic heterocycles. The molecule has 6 heteroatoms. The van der Waals surface area contributed by atoms with Gasteiger partial charge in [-0.15, -0.1) is 0 Å². The van der Waals surface area contributed by atoms with Crippen LogP contribution in [0.15, 0.2) is 60.7 Å². The number of fused-ring (bicyclic) bond motifs is 3. The Morgan fingerprint density at radius 2 is 1.52 bits per heavy atom. The summed E-state index contributed by atoms with van der Waals surface area (Å²) >= 11 is 0. The van der Waals surface area contributed by atoms with E-state index in [1.165, 1.54) is 24.3 Å². The molecule has 4 aromatic rings. The second-order valence-electron chi connectivity index (χ2n) is 6.04. The van der Waals surface area contributed by atoms with E-state index in [4.69, 9.17) is 0 Å². The fourth-order valence-electron chi connectivity index (χ4n) is 3.29. The molecule has 0 spiro atoms. The third kappa shape index (κ3) is 2.59. The van der Waals surface area contributed by atoms with Gasteiger partial charge in [0.1, 0.15) is 6.07 Å². The number of benzene rings is 3. The van der Waals surface area contributed by atoms with Crippen LogP contribution in [0.2, 0.25) is 0 Å². The van der Waals surface area contributed by atoms with Gasteiger partial charge in [-0.1, -0.05) is 24.3 Å². The van der Waals surface area contributed by atoms with Gasteiger partial charge in [-0.25, -0.2) is 0 Å². The Kier molecular flexibility index (Phi) is 3.64. The Morgan fingerprint density at radius 3 is 2.22 bits per heavy atom. The van der Waals surface area contributed by atoms with E-state index < -0.39 is 11.7 Å². The molecule has 27 heavy (non-hydrogen) atoms. The van der Waals surface area contributed by atoms with Crippen molar-refractivity contribution in [1.82, 2.24) is 4.57 Å². The Hall–Kier alpha value is -3.77. The number of nitriles is 2. The zero-order valence-electron chi connectivity index (χ0n) is 13.7. The normalized spacial score (nSPS) is 11.4. The smallest absolute Gasteiger partial charge is 0.308 e. The first kappa shape index (κ1) is 16.7. The topological polar surface area (TPSA) is 52.5 Å². The number of hydrogen-bond donors (Lipinski definition) is 0. The maximum Gasteiger partial charge on any atom is 0.416 e. The Labute approximate surface area is 152 Å². The highest BCUT2D eigenvalue weighted by atomic mass is 19.4. The first-order chi connectivity index (χ1) is 12.9. The summed E-state index contributed by atoms with van der Waals surface area (Å²) in [6.07, 6.45) is -4.48. The first-order valence-electron chi connectivity index (χ1n) is 7.99. The molecule has 0 aliphatic carbocycles. The average molecular weight is 361 g/mol. The van der Waals surface area contributed by atoms with Crippen LogP contribution in [0.4, 0.5) is 13.2 Å². The van der Waals surface area contributed by atoms with Crippen molar-refractivity contribution in [3.63, 3.8) is 0 Å². The maximum absolute atomic E-state index is 13.3. The van der Waals surface area contributed by atoms with Crippen LogP contribution in [0.3, 0.4) is 0 Å². The van der Waals surface area contributed by atoms with Crippen molar-refractivity contribution in [2.24, 2.45) is 0 Å². The summed E-state index contributed by atoms with van der Waals surface area (Å²) in [5.74, 6) is 0. The summed E-state index contributed by atoms with van der Waals surface area (Å²) in [4.78, 5) is 0. The average Bonchev–Trinajstić information content (AvgIpc) is 3.00. The summed E-state index contributed by atoms with van der Waals surface area (Å²) in [6, 6.07) is 19.4. The fourth-order valence-corrected chi connectivity index (χ4v) is 3.29. The number of halogens is 3. The van der Waals surface area contributed by atoms with Crippen LogP contribution < -0.4 is 0 Å². The summed E-state index contributed by atoms with van der Waals surface area (Å²) in [6.45, 7) is 0. The van der Waals surface area contributed by atoms with Crippen molar-refractivity contribution < 1.29 is 13.2 Å². The summed E-state index contributed by atoms with van der Waals surface area (Å²) in [7, 11) is 0. The zero-order valence-corrected chi connectivity index (χ0v) is 13.7. The molecule has 0 radical (unpaired) electrons. The minimum atomic E-state index is -4.48. The number of hydrogen-bond acceptors (Lipinski definition) is 2. The highest BCUT2D eigenvalue weighted by Crippen LogP contribution is 2.37. The van der Waals surface area contributed by atoms with Crippen LogP contribution in [0.5, 0.6) is 0 Å². The maximum atomic E-state index is 13.3. The van der Waals surface area contributed by atoms with Gasteiger partial charge in [0.2, 0.25) is 0 Å². The molecule has 4 rings (SSSR count). The third-order valence-corrected chi connectivity index (χ3v) is 4.49. The molecule has 3 nitrogen and oxygen atoms in total. The SMILES string of the molecule is N#Cc1ccc(C#N)c(-n2c3ccccc3c3ccc(C(F)(F)F)cc32)c1. The molecular weight excluding hydrogens is 351 g/mol. The summed E-state index contributed by atoms with van der Waals surface area (Å²) in [5.41, 5.74) is 1.20. The molecule has 0 aliphatic rings. The Morgan fingerprint density at radius 1 is 0.778 bits per heavy atom. The minimum absolute atomic E-state index is 0.272. The lowest BCUT2D eigenvalue weighted by molar-refractivity contribution is -0.137. The molecule has 0 bridgehead atoms. The van der Waals surface area contributed by atoms with Gasteiger partial charge in [-0.2, -0.15) is 23.7 Å². The van der Waals surface area contributed by atoms with Gasteiger partial charge in [-0.05, 0) is 36.4 Å². The largest absolute Gasteiger partial charge is 0.416 e. The van der Waals surface area contributed by atoms with E-state index in [9.17, 15) is 23.7 Å². The molecule has 0 atom stereocenters. The standard InChI is InChI=1S/C21H10F3N3/c22-21(23,24)15-7-8-17-16-3-1-2-4-18(16)27(20(17)10-15)19-9-13(11-25)5-6-14(19)12-26/h1-10H. The quantitative estimate of drug-likeness (QED) is 0.447. The molecule has 0 saturated heterocycles. The van der Waals surface area contributed by atoms with Crippen LogP contribution in [-0.4, -0.2) is 4.57 Å². The summed E-state index contributed by atoms with van der Waals surface area (Å²) < 4.78 is 41.4. The van der Waals surface area contributed by atoms with Gasteiger partial charge in [0.15, 0.2) is 0 Å². The number of nitrogens with zero attached hydrogens (tertiary/aromatic N) is 3. The zero-order chi connectivity index (χ0) is 19.2.